The van der Waals surface area contributed by atoms with Crippen LogP contribution < -0.4 is 5.32 Å². The van der Waals surface area contributed by atoms with E-state index in [0.29, 0.717) is 40.5 Å². The van der Waals surface area contributed by atoms with E-state index >= 15 is 0 Å². The van der Waals surface area contributed by atoms with Crippen LogP contribution >= 0.6 is 0 Å². The molecule has 1 aliphatic heterocycles. The lowest BCUT2D eigenvalue weighted by atomic mass is 9.41. The van der Waals surface area contributed by atoms with Crippen molar-refractivity contribution < 1.29 is 19.7 Å². The molecule has 2 spiro atoms. The first-order valence-electron chi connectivity index (χ1n) is 15.2. The number of aliphatic hydroxyl groups excluding tert-OH is 2. The Labute approximate surface area is 217 Å². The molecule has 0 radical (unpaired) electrons. The van der Waals surface area contributed by atoms with Crippen LogP contribution in [0, 0.1) is 50.7 Å². The Hall–Kier alpha value is -0.650. The number of fused-ring (bicyclic) bond motifs is 4. The van der Waals surface area contributed by atoms with Crippen LogP contribution in [0.3, 0.4) is 0 Å². The molecule has 5 nitrogen and oxygen atoms in total. The molecule has 5 heteroatoms. The van der Waals surface area contributed by atoms with Gasteiger partial charge in [0, 0.05) is 11.5 Å². The lowest BCUT2D eigenvalue weighted by Crippen LogP contribution is -2.59. The summed E-state index contributed by atoms with van der Waals surface area (Å²) >= 11 is 0. The van der Waals surface area contributed by atoms with E-state index in [1.165, 1.54) is 25.7 Å². The normalized spacial score (nSPS) is 58.9. The van der Waals surface area contributed by atoms with Crippen molar-refractivity contribution in [2.45, 2.75) is 136 Å². The van der Waals surface area contributed by atoms with Crippen molar-refractivity contribution in [3.63, 3.8) is 0 Å². The lowest BCUT2D eigenvalue weighted by Gasteiger charge is -2.63. The van der Waals surface area contributed by atoms with Crippen molar-refractivity contribution in [2.75, 3.05) is 0 Å². The molecular formula is C31H49NO4. The number of amides is 1. The number of aliphatic hydroxyl groups is 2. The Balaban J connectivity index is 1.20. The van der Waals surface area contributed by atoms with E-state index in [1.54, 1.807) is 0 Å². The molecule has 1 heterocycles. The third-order valence-electron chi connectivity index (χ3n) is 14.5. The SMILES string of the molecule is C[C@@H]1CC(C(=O)NC2CCC2)OC2[C@H]1C1(C)CCC34CC35CCC(O)C(C)(C)[C@@H]5CCC4[C@]1(C)[C@H]2O. The Kier molecular flexibility index (Phi) is 4.95. The molecule has 7 rings (SSSR count). The van der Waals surface area contributed by atoms with Crippen LogP contribution in [0.5, 0.6) is 0 Å². The van der Waals surface area contributed by atoms with Gasteiger partial charge in [0.05, 0.1) is 18.3 Å². The topological polar surface area (TPSA) is 78.8 Å². The Bertz CT molecular complexity index is 962. The number of rotatable bonds is 2. The third-order valence-corrected chi connectivity index (χ3v) is 14.5. The van der Waals surface area contributed by atoms with Gasteiger partial charge in [0.1, 0.15) is 6.10 Å². The molecule has 0 aromatic rings. The van der Waals surface area contributed by atoms with Crippen molar-refractivity contribution in [2.24, 2.45) is 50.7 Å². The zero-order valence-electron chi connectivity index (χ0n) is 23.2. The minimum Gasteiger partial charge on any atom is -0.393 e. The summed E-state index contributed by atoms with van der Waals surface area (Å²) in [4.78, 5) is 13.1. The highest BCUT2D eigenvalue weighted by atomic mass is 16.5. The smallest absolute Gasteiger partial charge is 0.249 e. The molecule has 0 bridgehead atoms. The summed E-state index contributed by atoms with van der Waals surface area (Å²) in [6.45, 7) is 11.8. The van der Waals surface area contributed by atoms with Crippen LogP contribution in [0.2, 0.25) is 0 Å². The molecule has 7 aliphatic rings. The number of carbonyl (C=O) groups is 1. The predicted octanol–water partition coefficient (Wildman–Crippen LogP) is 4.83. The van der Waals surface area contributed by atoms with Crippen LogP contribution in [-0.2, 0) is 9.53 Å². The van der Waals surface area contributed by atoms with Crippen LogP contribution in [-0.4, -0.2) is 46.6 Å². The van der Waals surface area contributed by atoms with Crippen LogP contribution in [0.15, 0.2) is 0 Å². The van der Waals surface area contributed by atoms with E-state index in [9.17, 15) is 15.0 Å². The zero-order valence-corrected chi connectivity index (χ0v) is 23.2. The van der Waals surface area contributed by atoms with Gasteiger partial charge in [-0.1, -0.05) is 34.6 Å². The second-order valence-corrected chi connectivity index (χ2v) is 15.7. The number of ether oxygens (including phenoxy) is 1. The molecule has 1 saturated heterocycles. The molecule has 0 aromatic heterocycles. The fourth-order valence-corrected chi connectivity index (χ4v) is 12.3. The van der Waals surface area contributed by atoms with Gasteiger partial charge in [0.2, 0.25) is 5.91 Å². The minimum atomic E-state index is -0.521. The van der Waals surface area contributed by atoms with Crippen molar-refractivity contribution >= 4 is 5.91 Å². The molecule has 1 amide bonds. The molecule has 0 aromatic carbocycles. The zero-order chi connectivity index (χ0) is 25.5. The molecule has 7 fully saturated rings. The van der Waals surface area contributed by atoms with Crippen molar-refractivity contribution in [3.8, 4) is 0 Å². The lowest BCUT2D eigenvalue weighted by molar-refractivity contribution is -0.182. The standard InChI is InChI=1S/C31H49NO4/c1-17-15-19(26(35)32-18-7-6-8-18)36-24-23(17)28(4)13-14-31-16-30(31)12-11-22(33)27(2,3)20(30)9-10-21(31)29(28,5)25(24)34/h17-25,33-34H,6-16H2,1-5H3,(H,32,35)/t17-,19?,20+,21?,22?,23+,24?,25+,28?,29-,30?,31?/m1/s1. The Morgan fingerprint density at radius 2 is 1.61 bits per heavy atom. The van der Waals surface area contributed by atoms with E-state index in [-0.39, 0.29) is 34.4 Å². The van der Waals surface area contributed by atoms with Gasteiger partial charge < -0.3 is 20.3 Å². The van der Waals surface area contributed by atoms with Gasteiger partial charge in [0.15, 0.2) is 0 Å². The molecule has 36 heavy (non-hydrogen) atoms. The van der Waals surface area contributed by atoms with Crippen molar-refractivity contribution in [1.82, 2.24) is 5.32 Å². The van der Waals surface area contributed by atoms with Gasteiger partial charge in [-0.25, -0.2) is 0 Å². The van der Waals surface area contributed by atoms with Gasteiger partial charge in [0.25, 0.3) is 0 Å². The summed E-state index contributed by atoms with van der Waals surface area (Å²) in [5, 5.41) is 26.3. The quantitative estimate of drug-likeness (QED) is 0.509. The van der Waals surface area contributed by atoms with E-state index in [0.717, 1.165) is 44.9 Å². The van der Waals surface area contributed by atoms with E-state index in [4.69, 9.17) is 4.74 Å². The maximum Gasteiger partial charge on any atom is 0.249 e. The molecule has 6 aliphatic carbocycles. The average molecular weight is 500 g/mol. The predicted molar refractivity (Wildman–Crippen MR) is 138 cm³/mol. The summed E-state index contributed by atoms with van der Waals surface area (Å²) in [7, 11) is 0. The molecule has 202 valence electrons. The summed E-state index contributed by atoms with van der Waals surface area (Å²) in [5.41, 5.74) is 0.495. The van der Waals surface area contributed by atoms with Crippen LogP contribution in [0.4, 0.5) is 0 Å². The minimum absolute atomic E-state index is 0.0186. The molecular weight excluding hydrogens is 450 g/mol. The van der Waals surface area contributed by atoms with Crippen LogP contribution in [0.1, 0.15) is 105 Å². The number of carbonyl (C=O) groups excluding carboxylic acids is 1. The van der Waals surface area contributed by atoms with Crippen molar-refractivity contribution in [1.29, 1.82) is 0 Å². The fraction of sp³-hybridized carbons (Fsp3) is 0.968. The maximum atomic E-state index is 13.1. The Morgan fingerprint density at radius 3 is 2.31 bits per heavy atom. The van der Waals surface area contributed by atoms with Gasteiger partial charge >= 0.3 is 0 Å². The van der Waals surface area contributed by atoms with E-state index in [2.05, 4.69) is 39.9 Å². The van der Waals surface area contributed by atoms with Crippen LogP contribution in [0.25, 0.3) is 0 Å². The summed E-state index contributed by atoms with van der Waals surface area (Å²) in [6.07, 6.45) is 10.9. The highest BCUT2D eigenvalue weighted by molar-refractivity contribution is 5.81. The van der Waals surface area contributed by atoms with E-state index in [1.807, 2.05) is 0 Å². The summed E-state index contributed by atoms with van der Waals surface area (Å²) in [6, 6.07) is 0.319. The summed E-state index contributed by atoms with van der Waals surface area (Å²) < 4.78 is 6.63. The second kappa shape index (κ2) is 7.30. The largest absolute Gasteiger partial charge is 0.393 e. The van der Waals surface area contributed by atoms with Gasteiger partial charge in [-0.05, 0) is 116 Å². The Morgan fingerprint density at radius 1 is 0.917 bits per heavy atom. The van der Waals surface area contributed by atoms with Gasteiger partial charge in [-0.15, -0.1) is 0 Å². The van der Waals surface area contributed by atoms with Gasteiger partial charge in [-0.3, -0.25) is 4.79 Å². The van der Waals surface area contributed by atoms with E-state index < -0.39 is 12.2 Å². The summed E-state index contributed by atoms with van der Waals surface area (Å²) in [5.74, 6) is 1.81. The first-order valence-corrected chi connectivity index (χ1v) is 15.2. The number of nitrogens with one attached hydrogen (secondary N) is 1. The maximum absolute atomic E-state index is 13.1. The molecule has 3 N–H and O–H groups in total. The average Bonchev–Trinajstić information content (AvgIpc) is 3.44. The molecule has 7 unspecified atom stereocenters. The first kappa shape index (κ1) is 24.4. The molecule has 6 saturated carbocycles. The monoisotopic (exact) mass is 499 g/mol. The number of hydrogen-bond donors (Lipinski definition) is 3. The third kappa shape index (κ3) is 2.62. The van der Waals surface area contributed by atoms with Crippen molar-refractivity contribution in [3.05, 3.63) is 0 Å². The molecule has 12 atom stereocenters. The highest BCUT2D eigenvalue weighted by Crippen LogP contribution is 2.89. The second-order valence-electron chi connectivity index (χ2n) is 15.7. The van der Waals surface area contributed by atoms with Gasteiger partial charge in [-0.2, -0.15) is 0 Å². The highest BCUT2D eigenvalue weighted by Gasteiger charge is 2.84. The number of hydrogen-bond acceptors (Lipinski definition) is 4. The first-order chi connectivity index (χ1) is 16.9. The fourth-order valence-electron chi connectivity index (χ4n) is 12.3.